The van der Waals surface area contributed by atoms with Crippen molar-refractivity contribution in [2.24, 2.45) is 0 Å². The lowest BCUT2D eigenvalue weighted by atomic mass is 10.1. The van der Waals surface area contributed by atoms with Gasteiger partial charge in [-0.1, -0.05) is 18.2 Å². The molecule has 0 fully saturated rings. The predicted octanol–water partition coefficient (Wildman–Crippen LogP) is 5.04. The fourth-order valence-electron chi connectivity index (χ4n) is 2.94. The summed E-state index contributed by atoms with van der Waals surface area (Å²) in [6.07, 6.45) is 2.62. The number of nitrogens with zero attached hydrogens (tertiary/aromatic N) is 3. The Balaban J connectivity index is 1.82. The Morgan fingerprint density at radius 2 is 1.96 bits per heavy atom. The van der Waals surface area contributed by atoms with Crippen LogP contribution in [0.5, 0.6) is 0 Å². The van der Waals surface area contributed by atoms with Crippen LogP contribution in [0.1, 0.15) is 18.6 Å². The van der Waals surface area contributed by atoms with Gasteiger partial charge in [-0.15, -0.1) is 0 Å². The average Bonchev–Trinajstić information content (AvgIpc) is 3.07. The van der Waals surface area contributed by atoms with Crippen LogP contribution >= 0.6 is 15.9 Å². The molecule has 0 bridgehead atoms. The third kappa shape index (κ3) is 3.02. The van der Waals surface area contributed by atoms with Crippen molar-refractivity contribution in [3.8, 4) is 16.8 Å². The van der Waals surface area contributed by atoms with Gasteiger partial charge in [0.15, 0.2) is 0 Å². The molecule has 1 atom stereocenters. The van der Waals surface area contributed by atoms with E-state index >= 15 is 0 Å². The SMILES string of the molecule is C[C@@H](O)c1ccc2c(c1)ncn2-c1cccc(-c2cc(Br)cnc2F)c1. The highest BCUT2D eigenvalue weighted by molar-refractivity contribution is 9.10. The number of aliphatic hydroxyl groups is 1. The minimum atomic E-state index is -0.542. The number of pyridine rings is 1. The molecule has 2 aromatic carbocycles. The van der Waals surface area contributed by atoms with Crippen molar-refractivity contribution < 1.29 is 9.50 Å². The quantitative estimate of drug-likeness (QED) is 0.480. The van der Waals surface area contributed by atoms with Crippen LogP contribution in [0.25, 0.3) is 27.8 Å². The van der Waals surface area contributed by atoms with Crippen LogP contribution in [0.2, 0.25) is 0 Å². The van der Waals surface area contributed by atoms with Gasteiger partial charge in [0.05, 0.1) is 17.1 Å². The summed E-state index contributed by atoms with van der Waals surface area (Å²) in [5.74, 6) is -0.512. The summed E-state index contributed by atoms with van der Waals surface area (Å²) in [6, 6.07) is 15.0. The number of imidazole rings is 1. The van der Waals surface area contributed by atoms with E-state index in [1.807, 2.05) is 47.0 Å². The van der Waals surface area contributed by atoms with Crippen LogP contribution in [-0.2, 0) is 0 Å². The normalized spacial score (nSPS) is 12.5. The molecule has 0 saturated carbocycles. The fourth-order valence-corrected chi connectivity index (χ4v) is 3.27. The molecule has 0 spiro atoms. The van der Waals surface area contributed by atoms with Crippen molar-refractivity contribution in [2.45, 2.75) is 13.0 Å². The molecule has 6 heteroatoms. The highest BCUT2D eigenvalue weighted by Crippen LogP contribution is 2.28. The Kier molecular flexibility index (Phi) is 4.30. The molecule has 0 aliphatic heterocycles. The summed E-state index contributed by atoms with van der Waals surface area (Å²) >= 11 is 3.34. The number of halogens is 2. The minimum absolute atomic E-state index is 0.432. The van der Waals surface area contributed by atoms with Crippen molar-refractivity contribution in [3.05, 3.63) is 77.0 Å². The summed E-state index contributed by atoms with van der Waals surface area (Å²) < 4.78 is 16.8. The lowest BCUT2D eigenvalue weighted by Gasteiger charge is -2.09. The van der Waals surface area contributed by atoms with Gasteiger partial charge in [-0.2, -0.15) is 4.39 Å². The second-order valence-electron chi connectivity index (χ2n) is 6.08. The molecule has 2 heterocycles. The van der Waals surface area contributed by atoms with Gasteiger partial charge < -0.3 is 5.11 Å². The van der Waals surface area contributed by atoms with Gasteiger partial charge in [-0.25, -0.2) is 9.97 Å². The Hall–Kier alpha value is -2.57. The number of hydrogen-bond acceptors (Lipinski definition) is 3. The topological polar surface area (TPSA) is 50.9 Å². The number of rotatable bonds is 3. The lowest BCUT2D eigenvalue weighted by molar-refractivity contribution is 0.199. The first-order valence-corrected chi connectivity index (χ1v) is 8.89. The number of fused-ring (bicyclic) bond motifs is 1. The van der Waals surface area contributed by atoms with Crippen molar-refractivity contribution in [2.75, 3.05) is 0 Å². The average molecular weight is 412 g/mol. The molecular formula is C20H15BrFN3O. The molecule has 26 heavy (non-hydrogen) atoms. The van der Waals surface area contributed by atoms with Crippen molar-refractivity contribution >= 4 is 27.0 Å². The van der Waals surface area contributed by atoms with E-state index in [2.05, 4.69) is 25.9 Å². The molecule has 0 aliphatic rings. The smallest absolute Gasteiger partial charge is 0.220 e. The maximum atomic E-state index is 14.1. The van der Waals surface area contributed by atoms with Gasteiger partial charge in [0, 0.05) is 21.9 Å². The van der Waals surface area contributed by atoms with Crippen molar-refractivity contribution in [1.82, 2.24) is 14.5 Å². The maximum absolute atomic E-state index is 14.1. The van der Waals surface area contributed by atoms with Crippen LogP contribution in [0.4, 0.5) is 4.39 Å². The summed E-state index contributed by atoms with van der Waals surface area (Å²) in [5, 5.41) is 9.74. The van der Waals surface area contributed by atoms with Gasteiger partial charge >= 0.3 is 0 Å². The highest BCUT2D eigenvalue weighted by Gasteiger charge is 2.11. The lowest BCUT2D eigenvalue weighted by Crippen LogP contribution is -1.95. The third-order valence-corrected chi connectivity index (χ3v) is 4.73. The van der Waals surface area contributed by atoms with Crippen molar-refractivity contribution in [3.63, 3.8) is 0 Å². The second kappa shape index (κ2) is 6.63. The monoisotopic (exact) mass is 411 g/mol. The standard InChI is InChI=1S/C20H15BrFN3O/c1-12(26)13-5-6-19-18(8-13)24-11-25(19)16-4-2-3-14(7-16)17-9-15(21)10-23-20(17)22/h2-12,26H,1H3/t12-/m1/s1. The highest BCUT2D eigenvalue weighted by atomic mass is 79.9. The number of benzene rings is 2. The van der Waals surface area contributed by atoms with Gasteiger partial charge in [0.2, 0.25) is 5.95 Å². The Bertz CT molecular complexity index is 1110. The first kappa shape index (κ1) is 16.9. The molecular weight excluding hydrogens is 397 g/mol. The largest absolute Gasteiger partial charge is 0.389 e. The Morgan fingerprint density at radius 3 is 2.77 bits per heavy atom. The summed E-state index contributed by atoms with van der Waals surface area (Å²) in [5.41, 5.74) is 4.56. The molecule has 0 aliphatic carbocycles. The van der Waals surface area contributed by atoms with Gasteiger partial charge in [0.1, 0.15) is 6.33 Å². The van der Waals surface area contributed by atoms with Crippen LogP contribution in [0.15, 0.2) is 65.5 Å². The zero-order chi connectivity index (χ0) is 18.3. The second-order valence-corrected chi connectivity index (χ2v) is 7.00. The number of aromatic nitrogens is 3. The molecule has 0 unspecified atom stereocenters. The minimum Gasteiger partial charge on any atom is -0.389 e. The number of hydrogen-bond donors (Lipinski definition) is 1. The Labute approximate surface area is 158 Å². The van der Waals surface area contributed by atoms with Crippen LogP contribution in [0, 0.1) is 5.95 Å². The van der Waals surface area contributed by atoms with Crippen LogP contribution in [0.3, 0.4) is 0 Å². The first-order valence-electron chi connectivity index (χ1n) is 8.10. The summed E-state index contributed by atoms with van der Waals surface area (Å²) in [7, 11) is 0. The fraction of sp³-hybridized carbons (Fsp3) is 0.100. The van der Waals surface area contributed by atoms with E-state index in [9.17, 15) is 9.50 Å². The van der Waals surface area contributed by atoms with Crippen molar-refractivity contribution in [1.29, 1.82) is 0 Å². The van der Waals surface area contributed by atoms with E-state index in [1.54, 1.807) is 19.3 Å². The molecule has 1 N–H and O–H groups in total. The Morgan fingerprint density at radius 1 is 1.12 bits per heavy atom. The molecule has 0 saturated heterocycles. The van der Waals surface area contributed by atoms with E-state index in [0.29, 0.717) is 5.56 Å². The van der Waals surface area contributed by atoms with E-state index in [1.165, 1.54) is 6.20 Å². The molecule has 130 valence electrons. The van der Waals surface area contributed by atoms with E-state index < -0.39 is 12.1 Å². The number of aliphatic hydroxyl groups excluding tert-OH is 1. The molecule has 4 rings (SSSR count). The molecule has 0 amide bonds. The van der Waals surface area contributed by atoms with Crippen LogP contribution < -0.4 is 0 Å². The van der Waals surface area contributed by atoms with E-state index in [-0.39, 0.29) is 0 Å². The zero-order valence-corrected chi connectivity index (χ0v) is 15.5. The van der Waals surface area contributed by atoms with Gasteiger partial charge in [-0.3, -0.25) is 4.57 Å². The zero-order valence-electron chi connectivity index (χ0n) is 13.9. The first-order chi connectivity index (χ1) is 12.5. The summed E-state index contributed by atoms with van der Waals surface area (Å²) in [4.78, 5) is 8.20. The van der Waals surface area contributed by atoms with E-state index in [0.717, 1.165) is 32.3 Å². The molecule has 2 aromatic heterocycles. The predicted molar refractivity (Wildman–Crippen MR) is 103 cm³/mol. The van der Waals surface area contributed by atoms with Gasteiger partial charge in [0.25, 0.3) is 0 Å². The molecule has 0 radical (unpaired) electrons. The summed E-state index contributed by atoms with van der Waals surface area (Å²) in [6.45, 7) is 1.72. The van der Waals surface area contributed by atoms with Gasteiger partial charge in [-0.05, 0) is 64.3 Å². The van der Waals surface area contributed by atoms with Crippen LogP contribution in [-0.4, -0.2) is 19.6 Å². The third-order valence-electron chi connectivity index (χ3n) is 4.29. The maximum Gasteiger partial charge on any atom is 0.220 e. The molecule has 4 aromatic rings. The van der Waals surface area contributed by atoms with E-state index in [4.69, 9.17) is 0 Å². The molecule has 4 nitrogen and oxygen atoms in total.